The summed E-state index contributed by atoms with van der Waals surface area (Å²) in [5.41, 5.74) is 5.28. The predicted molar refractivity (Wildman–Crippen MR) is 128 cm³/mol. The van der Waals surface area contributed by atoms with Crippen LogP contribution < -0.4 is 5.32 Å². The number of aliphatic imine (C=N–C) groups is 1. The van der Waals surface area contributed by atoms with Gasteiger partial charge >= 0.3 is 0 Å². The summed E-state index contributed by atoms with van der Waals surface area (Å²) in [7, 11) is 1.93. The van der Waals surface area contributed by atoms with Gasteiger partial charge in [-0.2, -0.15) is 0 Å². The quantitative estimate of drug-likeness (QED) is 0.442. The summed E-state index contributed by atoms with van der Waals surface area (Å²) in [6, 6.07) is 19.1. The highest BCUT2D eigenvalue weighted by Crippen LogP contribution is 2.34. The van der Waals surface area contributed by atoms with E-state index >= 15 is 0 Å². The number of aliphatic hydroxyl groups excluding tert-OH is 1. The van der Waals surface area contributed by atoms with E-state index in [4.69, 9.17) is 4.99 Å². The van der Waals surface area contributed by atoms with E-state index in [1.54, 1.807) is 24.3 Å². The van der Waals surface area contributed by atoms with E-state index in [0.29, 0.717) is 18.5 Å². The summed E-state index contributed by atoms with van der Waals surface area (Å²) in [6.07, 6.45) is -0.197. The zero-order valence-electron chi connectivity index (χ0n) is 19.0. The maximum atomic E-state index is 13.1. The van der Waals surface area contributed by atoms with E-state index in [1.807, 2.05) is 56.1 Å². The van der Waals surface area contributed by atoms with Gasteiger partial charge in [0.1, 0.15) is 11.7 Å². The average molecular weight is 446 g/mol. The number of nitrogens with one attached hydrogen (secondary N) is 1. The van der Waals surface area contributed by atoms with Crippen molar-refractivity contribution >= 4 is 17.4 Å². The zero-order chi connectivity index (χ0) is 23.5. The minimum Gasteiger partial charge on any atom is -0.390 e. The number of hydrogen-bond acceptors (Lipinski definition) is 3. The van der Waals surface area contributed by atoms with Gasteiger partial charge in [0.15, 0.2) is 0 Å². The molecule has 170 valence electrons. The van der Waals surface area contributed by atoms with Crippen molar-refractivity contribution in [2.45, 2.75) is 39.0 Å². The number of amidine groups is 1. The van der Waals surface area contributed by atoms with Crippen LogP contribution in [0.3, 0.4) is 0 Å². The topological polar surface area (TPSA) is 64.9 Å². The Morgan fingerprint density at radius 2 is 1.82 bits per heavy atom. The first-order valence-electron chi connectivity index (χ1n) is 11.0. The molecule has 2 N–H and O–H groups in total. The van der Waals surface area contributed by atoms with Gasteiger partial charge in [0.2, 0.25) is 0 Å². The molecule has 1 aliphatic carbocycles. The van der Waals surface area contributed by atoms with Crippen LogP contribution in [0.1, 0.15) is 45.6 Å². The number of halogens is 1. The van der Waals surface area contributed by atoms with Gasteiger partial charge in [-0.15, -0.1) is 0 Å². The maximum Gasteiger partial charge on any atom is 0.251 e. The van der Waals surface area contributed by atoms with Crippen LogP contribution in [0.2, 0.25) is 0 Å². The van der Waals surface area contributed by atoms with Gasteiger partial charge in [0.05, 0.1) is 17.8 Å². The minimum absolute atomic E-state index is 0.212. The Balaban J connectivity index is 1.50. The first-order valence-corrected chi connectivity index (χ1v) is 11.0. The van der Waals surface area contributed by atoms with Crippen LogP contribution in [0.25, 0.3) is 0 Å². The highest BCUT2D eigenvalue weighted by atomic mass is 19.1. The molecule has 0 bridgehead atoms. The van der Waals surface area contributed by atoms with Crippen molar-refractivity contribution in [2.75, 3.05) is 7.05 Å². The predicted octanol–water partition coefficient (Wildman–Crippen LogP) is 4.70. The molecule has 0 aliphatic heterocycles. The fourth-order valence-electron chi connectivity index (χ4n) is 4.03. The molecule has 0 spiro atoms. The number of carbonyl (C=O) groups excluding carboxylic acids is 1. The van der Waals surface area contributed by atoms with Gasteiger partial charge < -0.3 is 15.3 Å². The molecule has 33 heavy (non-hydrogen) atoms. The zero-order valence-corrected chi connectivity index (χ0v) is 19.0. The van der Waals surface area contributed by atoms with E-state index in [2.05, 4.69) is 5.32 Å². The molecule has 0 saturated carbocycles. The van der Waals surface area contributed by atoms with Gasteiger partial charge in [0, 0.05) is 25.6 Å². The number of aryl methyl sites for hydroxylation is 1. The van der Waals surface area contributed by atoms with Crippen LogP contribution in [-0.2, 0) is 13.0 Å². The van der Waals surface area contributed by atoms with Crippen molar-refractivity contribution in [3.63, 3.8) is 0 Å². The fraction of sp³-hybridized carbons (Fsp3) is 0.259. The maximum absolute atomic E-state index is 13.1. The summed E-state index contributed by atoms with van der Waals surface area (Å²) in [6.45, 7) is 4.50. The Labute approximate surface area is 193 Å². The molecule has 2 atom stereocenters. The molecule has 6 heteroatoms. The molecule has 1 aliphatic rings. The summed E-state index contributed by atoms with van der Waals surface area (Å²) in [4.78, 5) is 19.5. The standard InChI is InChI=1S/C27H28FN3O2/c1-17-4-8-20(9-5-17)27(33)30-26-24-15-23(13-10-21(24)14-25(26)32)29-18(2)31(3)16-19-6-11-22(28)12-7-19/h4-13,15,25-26,32H,14,16H2,1-3H3,(H,30,33)/t25-,26-/m1/s1. The lowest BCUT2D eigenvalue weighted by atomic mass is 10.1. The Kier molecular flexibility index (Phi) is 6.56. The van der Waals surface area contributed by atoms with E-state index < -0.39 is 12.1 Å². The lowest BCUT2D eigenvalue weighted by Crippen LogP contribution is -2.33. The Morgan fingerprint density at radius 3 is 2.52 bits per heavy atom. The number of benzene rings is 3. The number of nitrogens with zero attached hydrogens (tertiary/aromatic N) is 2. The van der Waals surface area contributed by atoms with E-state index in [-0.39, 0.29) is 11.7 Å². The normalized spacial score (nSPS) is 17.5. The third-order valence-electron chi connectivity index (χ3n) is 6.06. The molecule has 4 rings (SSSR count). The summed E-state index contributed by atoms with van der Waals surface area (Å²) < 4.78 is 13.1. The monoisotopic (exact) mass is 445 g/mol. The number of rotatable bonds is 5. The number of carbonyl (C=O) groups is 1. The van der Waals surface area contributed by atoms with Crippen LogP contribution in [-0.4, -0.2) is 34.9 Å². The van der Waals surface area contributed by atoms with Crippen molar-refractivity contribution in [1.82, 2.24) is 10.2 Å². The number of amides is 1. The third kappa shape index (κ3) is 5.29. The lowest BCUT2D eigenvalue weighted by Gasteiger charge is -2.20. The highest BCUT2D eigenvalue weighted by Gasteiger charge is 2.32. The van der Waals surface area contributed by atoms with E-state index in [1.165, 1.54) is 12.1 Å². The average Bonchev–Trinajstić information content (AvgIpc) is 3.10. The van der Waals surface area contributed by atoms with Crippen LogP contribution in [0.15, 0.2) is 71.7 Å². The number of hydrogen-bond donors (Lipinski definition) is 2. The summed E-state index contributed by atoms with van der Waals surface area (Å²) in [5, 5.41) is 13.6. The van der Waals surface area contributed by atoms with Crippen molar-refractivity contribution in [3.8, 4) is 0 Å². The van der Waals surface area contributed by atoms with Crippen molar-refractivity contribution in [3.05, 3.63) is 100 Å². The van der Waals surface area contributed by atoms with Crippen LogP contribution in [0.4, 0.5) is 10.1 Å². The van der Waals surface area contributed by atoms with Crippen LogP contribution in [0, 0.1) is 12.7 Å². The highest BCUT2D eigenvalue weighted by molar-refractivity contribution is 5.94. The van der Waals surface area contributed by atoms with Crippen LogP contribution in [0.5, 0.6) is 0 Å². The minimum atomic E-state index is -0.684. The first kappa shape index (κ1) is 22.7. The molecule has 1 amide bonds. The number of fused-ring (bicyclic) bond motifs is 1. The first-order chi connectivity index (χ1) is 15.8. The van der Waals surface area contributed by atoms with Gasteiger partial charge in [-0.1, -0.05) is 35.9 Å². The fourth-order valence-corrected chi connectivity index (χ4v) is 4.03. The second kappa shape index (κ2) is 9.55. The molecule has 0 heterocycles. The SMILES string of the molecule is CC(=Nc1ccc2c(c1)[C@@H](NC(=O)c1ccc(C)cc1)[C@H](O)C2)N(C)Cc1ccc(F)cc1. The van der Waals surface area contributed by atoms with Gasteiger partial charge in [0.25, 0.3) is 5.91 Å². The molecule has 0 fully saturated rings. The summed E-state index contributed by atoms with van der Waals surface area (Å²) >= 11 is 0. The van der Waals surface area contributed by atoms with E-state index in [9.17, 15) is 14.3 Å². The van der Waals surface area contributed by atoms with Gasteiger partial charge in [-0.05, 0) is 66.9 Å². The molecule has 0 saturated heterocycles. The third-order valence-corrected chi connectivity index (χ3v) is 6.06. The second-order valence-electron chi connectivity index (χ2n) is 8.61. The molecular weight excluding hydrogens is 417 g/mol. The molecule has 0 aromatic heterocycles. The second-order valence-corrected chi connectivity index (χ2v) is 8.61. The largest absolute Gasteiger partial charge is 0.390 e. The van der Waals surface area contributed by atoms with Gasteiger partial charge in [-0.25, -0.2) is 9.38 Å². The smallest absolute Gasteiger partial charge is 0.251 e. The Bertz CT molecular complexity index is 1170. The van der Waals surface area contributed by atoms with Crippen molar-refractivity contribution in [2.24, 2.45) is 4.99 Å². The summed E-state index contributed by atoms with van der Waals surface area (Å²) in [5.74, 6) is 0.338. The van der Waals surface area contributed by atoms with Crippen molar-refractivity contribution in [1.29, 1.82) is 0 Å². The molecule has 3 aromatic rings. The van der Waals surface area contributed by atoms with E-state index in [0.717, 1.165) is 33.8 Å². The van der Waals surface area contributed by atoms with Crippen LogP contribution >= 0.6 is 0 Å². The molecule has 0 radical (unpaired) electrons. The molecular formula is C27H28FN3O2. The lowest BCUT2D eigenvalue weighted by molar-refractivity contribution is 0.0858. The Hall–Kier alpha value is -3.51. The molecule has 0 unspecified atom stereocenters. The Morgan fingerprint density at radius 1 is 1.12 bits per heavy atom. The van der Waals surface area contributed by atoms with Crippen molar-refractivity contribution < 1.29 is 14.3 Å². The molecule has 5 nitrogen and oxygen atoms in total. The van der Waals surface area contributed by atoms with Gasteiger partial charge in [-0.3, -0.25) is 4.79 Å². The number of aliphatic hydroxyl groups is 1. The molecule has 3 aromatic carbocycles.